The molecule has 2 aliphatic rings. The molecular formula is C13H19N3OS. The Hall–Kier alpha value is -1.07. The molecule has 5 heteroatoms. The maximum Gasteiger partial charge on any atom is 0.191 e. The average molecular weight is 265 g/mol. The summed E-state index contributed by atoms with van der Waals surface area (Å²) in [7, 11) is 1.82. The van der Waals surface area contributed by atoms with Crippen LogP contribution in [-0.2, 0) is 11.3 Å². The first-order valence-electron chi connectivity index (χ1n) is 6.49. The van der Waals surface area contributed by atoms with Gasteiger partial charge in [0.25, 0.3) is 0 Å². The number of ether oxygens (including phenoxy) is 1. The Balaban J connectivity index is 1.51. The van der Waals surface area contributed by atoms with Crippen molar-refractivity contribution in [2.75, 3.05) is 7.05 Å². The van der Waals surface area contributed by atoms with Crippen LogP contribution in [0, 0.1) is 0 Å². The molecule has 98 valence electrons. The van der Waals surface area contributed by atoms with E-state index in [2.05, 4.69) is 32.5 Å². The molecule has 1 aromatic heterocycles. The fourth-order valence-electron chi connectivity index (χ4n) is 2.74. The first kappa shape index (κ1) is 12.0. The van der Waals surface area contributed by atoms with Crippen LogP contribution < -0.4 is 10.6 Å². The van der Waals surface area contributed by atoms with E-state index in [-0.39, 0.29) is 0 Å². The van der Waals surface area contributed by atoms with Gasteiger partial charge in [0.2, 0.25) is 0 Å². The van der Waals surface area contributed by atoms with Gasteiger partial charge >= 0.3 is 0 Å². The molecule has 3 atom stereocenters. The van der Waals surface area contributed by atoms with E-state index in [1.807, 2.05) is 7.05 Å². The third-order valence-corrected chi connectivity index (χ3v) is 4.42. The smallest absolute Gasteiger partial charge is 0.191 e. The fourth-order valence-corrected chi connectivity index (χ4v) is 3.41. The lowest BCUT2D eigenvalue weighted by atomic mass is 9.96. The number of fused-ring (bicyclic) bond motifs is 2. The second kappa shape index (κ2) is 5.28. The molecule has 2 saturated heterocycles. The van der Waals surface area contributed by atoms with Crippen molar-refractivity contribution in [1.82, 2.24) is 10.6 Å². The van der Waals surface area contributed by atoms with Crippen LogP contribution in [0.2, 0.25) is 0 Å². The molecule has 3 heterocycles. The van der Waals surface area contributed by atoms with Crippen LogP contribution in [0.5, 0.6) is 0 Å². The van der Waals surface area contributed by atoms with Crippen molar-refractivity contribution in [3.8, 4) is 0 Å². The Morgan fingerprint density at radius 3 is 3.11 bits per heavy atom. The molecule has 3 unspecified atom stereocenters. The van der Waals surface area contributed by atoms with Crippen molar-refractivity contribution < 1.29 is 4.74 Å². The van der Waals surface area contributed by atoms with Gasteiger partial charge in [0.05, 0.1) is 18.2 Å². The van der Waals surface area contributed by atoms with E-state index in [0.717, 1.165) is 18.9 Å². The number of hydrogen-bond donors (Lipinski definition) is 2. The number of guanidine groups is 1. The van der Waals surface area contributed by atoms with E-state index in [0.29, 0.717) is 18.2 Å². The number of thiophene rings is 1. The third-order valence-electron chi connectivity index (χ3n) is 3.69. The lowest BCUT2D eigenvalue weighted by Gasteiger charge is -2.22. The van der Waals surface area contributed by atoms with Crippen LogP contribution in [0.25, 0.3) is 0 Å². The Morgan fingerprint density at radius 1 is 1.56 bits per heavy atom. The lowest BCUT2D eigenvalue weighted by molar-refractivity contribution is 0.0992. The summed E-state index contributed by atoms with van der Waals surface area (Å²) in [4.78, 5) is 4.28. The minimum Gasteiger partial charge on any atom is -0.373 e. The van der Waals surface area contributed by atoms with E-state index in [1.54, 1.807) is 11.3 Å². The molecule has 0 amide bonds. The van der Waals surface area contributed by atoms with Crippen molar-refractivity contribution in [3.05, 3.63) is 22.4 Å². The molecular weight excluding hydrogens is 246 g/mol. The molecule has 3 rings (SSSR count). The maximum absolute atomic E-state index is 5.84. The van der Waals surface area contributed by atoms with Gasteiger partial charge in [-0.3, -0.25) is 4.99 Å². The maximum atomic E-state index is 5.84. The predicted octanol–water partition coefficient (Wildman–Crippen LogP) is 1.73. The van der Waals surface area contributed by atoms with Gasteiger partial charge < -0.3 is 15.4 Å². The van der Waals surface area contributed by atoms with Gasteiger partial charge in [0.1, 0.15) is 0 Å². The fraction of sp³-hybridized carbons (Fsp3) is 0.615. The van der Waals surface area contributed by atoms with Crippen LogP contribution in [0.1, 0.15) is 24.8 Å². The second-order valence-electron chi connectivity index (χ2n) is 4.92. The first-order valence-corrected chi connectivity index (χ1v) is 7.43. The molecule has 0 spiro atoms. The molecule has 2 bridgehead atoms. The van der Waals surface area contributed by atoms with Gasteiger partial charge in [-0.25, -0.2) is 0 Å². The molecule has 0 radical (unpaired) electrons. The molecule has 2 aliphatic heterocycles. The second-order valence-corrected chi connectivity index (χ2v) is 5.70. The summed E-state index contributed by atoms with van der Waals surface area (Å²) < 4.78 is 5.84. The Morgan fingerprint density at radius 2 is 2.50 bits per heavy atom. The van der Waals surface area contributed by atoms with E-state index in [1.165, 1.54) is 18.4 Å². The van der Waals surface area contributed by atoms with Gasteiger partial charge in [0.15, 0.2) is 5.96 Å². The summed E-state index contributed by atoms with van der Waals surface area (Å²) in [5, 5.41) is 11.1. The topological polar surface area (TPSA) is 45.7 Å². The van der Waals surface area contributed by atoms with Gasteiger partial charge in [0, 0.05) is 13.6 Å². The third kappa shape index (κ3) is 2.52. The van der Waals surface area contributed by atoms with Crippen LogP contribution >= 0.6 is 11.3 Å². The standard InChI is InChI=1S/C13H19N3OS/c1-14-13(15-7-9-4-5-18-8-9)16-11-6-10-2-3-12(11)17-10/h4-5,8,10-12H,2-3,6-7H2,1H3,(H2,14,15,16). The van der Waals surface area contributed by atoms with E-state index in [4.69, 9.17) is 4.74 Å². The normalized spacial score (nSPS) is 30.7. The van der Waals surface area contributed by atoms with Crippen LogP contribution in [0.3, 0.4) is 0 Å². The highest BCUT2D eigenvalue weighted by Gasteiger charge is 2.41. The number of rotatable bonds is 3. The summed E-state index contributed by atoms with van der Waals surface area (Å²) in [5.74, 6) is 0.877. The Labute approximate surface area is 111 Å². The van der Waals surface area contributed by atoms with E-state index >= 15 is 0 Å². The molecule has 0 aliphatic carbocycles. The molecule has 0 saturated carbocycles. The number of nitrogens with one attached hydrogen (secondary N) is 2. The highest BCUT2D eigenvalue weighted by molar-refractivity contribution is 7.07. The minimum atomic E-state index is 0.384. The van der Waals surface area contributed by atoms with Gasteiger partial charge in [-0.15, -0.1) is 0 Å². The summed E-state index contributed by atoms with van der Waals surface area (Å²) in [6, 6.07) is 2.56. The minimum absolute atomic E-state index is 0.384. The molecule has 1 aromatic rings. The van der Waals surface area contributed by atoms with E-state index in [9.17, 15) is 0 Å². The molecule has 2 fully saturated rings. The lowest BCUT2D eigenvalue weighted by Crippen LogP contribution is -2.47. The van der Waals surface area contributed by atoms with Gasteiger partial charge in [-0.2, -0.15) is 11.3 Å². The summed E-state index contributed by atoms with van der Waals surface area (Å²) >= 11 is 1.72. The number of hydrogen-bond acceptors (Lipinski definition) is 3. The molecule has 0 aromatic carbocycles. The van der Waals surface area contributed by atoms with Crippen molar-refractivity contribution in [3.63, 3.8) is 0 Å². The van der Waals surface area contributed by atoms with Crippen molar-refractivity contribution in [2.24, 2.45) is 4.99 Å². The zero-order chi connectivity index (χ0) is 12.4. The number of nitrogens with zero attached hydrogens (tertiary/aromatic N) is 1. The molecule has 18 heavy (non-hydrogen) atoms. The first-order chi connectivity index (χ1) is 8.85. The average Bonchev–Trinajstić information content (AvgIpc) is 3.10. The number of aliphatic imine (C=N–C) groups is 1. The van der Waals surface area contributed by atoms with Crippen molar-refractivity contribution in [2.45, 2.75) is 44.1 Å². The van der Waals surface area contributed by atoms with Crippen LogP contribution in [0.4, 0.5) is 0 Å². The quantitative estimate of drug-likeness (QED) is 0.646. The largest absolute Gasteiger partial charge is 0.373 e. The zero-order valence-electron chi connectivity index (χ0n) is 10.6. The Kier molecular flexibility index (Phi) is 3.52. The highest BCUT2D eigenvalue weighted by atomic mass is 32.1. The highest BCUT2D eigenvalue weighted by Crippen LogP contribution is 2.34. The van der Waals surface area contributed by atoms with Crippen LogP contribution in [-0.4, -0.2) is 31.3 Å². The van der Waals surface area contributed by atoms with Crippen LogP contribution in [0.15, 0.2) is 21.8 Å². The zero-order valence-corrected chi connectivity index (χ0v) is 11.4. The van der Waals surface area contributed by atoms with Gasteiger partial charge in [-0.05, 0) is 41.7 Å². The summed E-state index contributed by atoms with van der Waals surface area (Å²) in [5.41, 5.74) is 1.30. The SMILES string of the molecule is CN=C(NCc1ccsc1)NC1CC2CCC1O2. The molecule has 2 N–H and O–H groups in total. The van der Waals surface area contributed by atoms with Crippen molar-refractivity contribution >= 4 is 17.3 Å². The monoisotopic (exact) mass is 265 g/mol. The van der Waals surface area contributed by atoms with E-state index < -0.39 is 0 Å². The van der Waals surface area contributed by atoms with Crippen molar-refractivity contribution in [1.29, 1.82) is 0 Å². The summed E-state index contributed by atoms with van der Waals surface area (Å²) in [6.07, 6.45) is 4.38. The van der Waals surface area contributed by atoms with Gasteiger partial charge in [-0.1, -0.05) is 0 Å². The summed E-state index contributed by atoms with van der Waals surface area (Å²) in [6.45, 7) is 0.824. The molecule has 4 nitrogen and oxygen atoms in total. The predicted molar refractivity (Wildman–Crippen MR) is 74.0 cm³/mol. The Bertz CT molecular complexity index is 418.